The van der Waals surface area contributed by atoms with Gasteiger partial charge in [0.05, 0.1) is 11.0 Å². The maximum Gasteiger partial charge on any atom is 0.271 e. The van der Waals surface area contributed by atoms with E-state index in [0.29, 0.717) is 6.42 Å². The molecule has 2 unspecified atom stereocenters. The molecule has 6 nitrogen and oxygen atoms in total. The zero-order valence-corrected chi connectivity index (χ0v) is 11.3. The lowest BCUT2D eigenvalue weighted by Gasteiger charge is -2.15. The topological polar surface area (TPSA) is 92.5 Å². The molecule has 0 saturated heterocycles. The third-order valence-electron chi connectivity index (χ3n) is 2.43. The number of nitrogens with one attached hydrogen (secondary N) is 1. The van der Waals surface area contributed by atoms with Crippen LogP contribution in [0, 0.1) is 10.1 Å². The van der Waals surface area contributed by atoms with Crippen molar-refractivity contribution in [3.8, 4) is 0 Å². The lowest BCUT2D eigenvalue weighted by Crippen LogP contribution is -2.34. The quantitative estimate of drug-likeness (QED) is 0.640. The number of carbonyl (C=O) groups is 1. The van der Waals surface area contributed by atoms with Crippen LogP contribution in [0.1, 0.15) is 30.6 Å². The van der Waals surface area contributed by atoms with Gasteiger partial charge in [-0.25, -0.2) is 0 Å². The van der Waals surface area contributed by atoms with Gasteiger partial charge in [-0.15, -0.1) is 0 Å². The van der Waals surface area contributed by atoms with Gasteiger partial charge < -0.3 is 10.4 Å². The molecule has 0 radical (unpaired) electrons. The molecule has 0 saturated carbocycles. The normalized spacial score (nSPS) is 13.7. The van der Waals surface area contributed by atoms with Crippen LogP contribution < -0.4 is 5.32 Å². The minimum absolute atomic E-state index is 0.122. The fraction of sp³-hybridized carbons (Fsp3) is 0.417. The molecule has 0 aliphatic heterocycles. The summed E-state index contributed by atoms with van der Waals surface area (Å²) in [7, 11) is 0. The van der Waals surface area contributed by atoms with Crippen LogP contribution in [0.3, 0.4) is 0 Å². The Morgan fingerprint density at radius 1 is 1.47 bits per heavy atom. The number of benzene rings is 1. The summed E-state index contributed by atoms with van der Waals surface area (Å²) >= 11 is 5.73. The summed E-state index contributed by atoms with van der Waals surface area (Å²) in [4.78, 5) is 22.0. The number of halogens is 1. The summed E-state index contributed by atoms with van der Waals surface area (Å²) in [6.45, 7) is 3.36. The zero-order valence-electron chi connectivity index (χ0n) is 10.6. The highest BCUT2D eigenvalue weighted by Crippen LogP contribution is 2.21. The number of aliphatic hydroxyl groups is 1. The third kappa shape index (κ3) is 4.84. The number of rotatable bonds is 5. The predicted molar refractivity (Wildman–Crippen MR) is 71.3 cm³/mol. The largest absolute Gasteiger partial charge is 0.393 e. The van der Waals surface area contributed by atoms with Gasteiger partial charge in [0.1, 0.15) is 0 Å². The number of aliphatic hydroxyl groups excluding tert-OH is 1. The molecule has 2 atom stereocenters. The highest BCUT2D eigenvalue weighted by atomic mass is 35.5. The molecular formula is C12H15ClN2O4. The number of hydrogen-bond acceptors (Lipinski definition) is 4. The number of amides is 1. The number of non-ortho nitro benzene ring substituents is 1. The van der Waals surface area contributed by atoms with Crippen molar-refractivity contribution in [2.75, 3.05) is 0 Å². The number of carbonyl (C=O) groups excluding carboxylic acids is 1. The van der Waals surface area contributed by atoms with E-state index in [1.807, 2.05) is 0 Å². The Balaban J connectivity index is 2.85. The van der Waals surface area contributed by atoms with E-state index in [0.717, 1.165) is 6.07 Å². The second-order valence-electron chi connectivity index (χ2n) is 4.41. The second kappa shape index (κ2) is 6.49. The molecule has 0 fully saturated rings. The number of hydrogen-bond donors (Lipinski definition) is 2. The van der Waals surface area contributed by atoms with E-state index in [9.17, 15) is 20.0 Å². The summed E-state index contributed by atoms with van der Waals surface area (Å²) in [5, 5.41) is 22.7. The molecular weight excluding hydrogens is 272 g/mol. The fourth-order valence-electron chi connectivity index (χ4n) is 1.69. The maximum absolute atomic E-state index is 11.9. The van der Waals surface area contributed by atoms with Crippen LogP contribution in [0.15, 0.2) is 18.2 Å². The molecule has 0 heterocycles. The standard InChI is InChI=1S/C12H15ClN2O4/c1-7(3-8(2)16)14-12(17)9-4-10(13)6-11(5-9)15(18)19/h4-8,16H,3H2,1-2H3,(H,14,17). The van der Waals surface area contributed by atoms with Gasteiger partial charge in [0, 0.05) is 28.8 Å². The van der Waals surface area contributed by atoms with E-state index >= 15 is 0 Å². The lowest BCUT2D eigenvalue weighted by atomic mass is 10.1. The molecule has 1 aromatic carbocycles. The zero-order chi connectivity index (χ0) is 14.6. The summed E-state index contributed by atoms with van der Waals surface area (Å²) < 4.78 is 0. The van der Waals surface area contributed by atoms with Crippen molar-refractivity contribution in [3.05, 3.63) is 38.9 Å². The van der Waals surface area contributed by atoms with Gasteiger partial charge in [0.15, 0.2) is 0 Å². The SMILES string of the molecule is CC(O)CC(C)NC(=O)c1cc(Cl)cc([N+](=O)[O-])c1. The van der Waals surface area contributed by atoms with Gasteiger partial charge in [-0.1, -0.05) is 11.6 Å². The molecule has 1 rings (SSSR count). The van der Waals surface area contributed by atoms with E-state index in [1.54, 1.807) is 13.8 Å². The highest BCUT2D eigenvalue weighted by Gasteiger charge is 2.16. The Labute approximate surface area is 115 Å². The van der Waals surface area contributed by atoms with Crippen molar-refractivity contribution in [2.24, 2.45) is 0 Å². The van der Waals surface area contributed by atoms with Crippen LogP contribution in [0.2, 0.25) is 5.02 Å². The van der Waals surface area contributed by atoms with Crippen molar-refractivity contribution in [1.82, 2.24) is 5.32 Å². The Morgan fingerprint density at radius 2 is 2.11 bits per heavy atom. The van der Waals surface area contributed by atoms with E-state index in [2.05, 4.69) is 5.32 Å². The average Bonchev–Trinajstić information content (AvgIpc) is 2.26. The van der Waals surface area contributed by atoms with Crippen LogP contribution >= 0.6 is 11.6 Å². The number of nitro groups is 1. The van der Waals surface area contributed by atoms with Gasteiger partial charge >= 0.3 is 0 Å². The predicted octanol–water partition coefficient (Wildman–Crippen LogP) is 2.14. The van der Waals surface area contributed by atoms with Gasteiger partial charge in [-0.2, -0.15) is 0 Å². The third-order valence-corrected chi connectivity index (χ3v) is 2.65. The molecule has 0 spiro atoms. The first kappa shape index (κ1) is 15.4. The molecule has 0 bridgehead atoms. The van der Waals surface area contributed by atoms with Crippen LogP contribution in [-0.4, -0.2) is 28.1 Å². The highest BCUT2D eigenvalue weighted by molar-refractivity contribution is 6.31. The molecule has 0 aliphatic rings. The summed E-state index contributed by atoms with van der Waals surface area (Å²) in [5.41, 5.74) is -0.113. The van der Waals surface area contributed by atoms with E-state index < -0.39 is 16.9 Å². The first-order chi connectivity index (χ1) is 8.79. The van der Waals surface area contributed by atoms with Gasteiger partial charge in [0.25, 0.3) is 11.6 Å². The smallest absolute Gasteiger partial charge is 0.271 e. The lowest BCUT2D eigenvalue weighted by molar-refractivity contribution is -0.384. The molecule has 1 aromatic rings. The Bertz CT molecular complexity index is 491. The van der Waals surface area contributed by atoms with Crippen LogP contribution in [0.4, 0.5) is 5.69 Å². The summed E-state index contributed by atoms with van der Waals surface area (Å²) in [6, 6.07) is 3.46. The van der Waals surface area contributed by atoms with Crippen molar-refractivity contribution < 1.29 is 14.8 Å². The second-order valence-corrected chi connectivity index (χ2v) is 4.85. The molecule has 2 N–H and O–H groups in total. The molecule has 0 aliphatic carbocycles. The van der Waals surface area contributed by atoms with Gasteiger partial charge in [-0.05, 0) is 26.3 Å². The van der Waals surface area contributed by atoms with Crippen molar-refractivity contribution in [1.29, 1.82) is 0 Å². The fourth-order valence-corrected chi connectivity index (χ4v) is 1.92. The van der Waals surface area contributed by atoms with E-state index in [4.69, 9.17) is 11.6 Å². The minimum atomic E-state index is -0.609. The van der Waals surface area contributed by atoms with E-state index in [-0.39, 0.29) is 22.3 Å². The number of nitro benzene ring substituents is 1. The van der Waals surface area contributed by atoms with E-state index in [1.165, 1.54) is 12.1 Å². The molecule has 0 aromatic heterocycles. The first-order valence-corrected chi connectivity index (χ1v) is 6.11. The number of nitrogens with zero attached hydrogens (tertiary/aromatic N) is 1. The molecule has 7 heteroatoms. The van der Waals surface area contributed by atoms with Crippen LogP contribution in [-0.2, 0) is 0 Å². The van der Waals surface area contributed by atoms with Crippen molar-refractivity contribution >= 4 is 23.2 Å². The summed E-state index contributed by atoms with van der Waals surface area (Å²) in [6.07, 6.45) is -0.141. The van der Waals surface area contributed by atoms with Crippen molar-refractivity contribution in [3.63, 3.8) is 0 Å². The first-order valence-electron chi connectivity index (χ1n) is 5.73. The maximum atomic E-state index is 11.9. The Kier molecular flexibility index (Phi) is 5.26. The van der Waals surface area contributed by atoms with Crippen molar-refractivity contribution in [2.45, 2.75) is 32.4 Å². The monoisotopic (exact) mass is 286 g/mol. The average molecular weight is 287 g/mol. The van der Waals surface area contributed by atoms with Crippen LogP contribution in [0.5, 0.6) is 0 Å². The van der Waals surface area contributed by atoms with Gasteiger partial charge in [0.2, 0.25) is 0 Å². The Hall–Kier alpha value is -1.66. The minimum Gasteiger partial charge on any atom is -0.393 e. The molecule has 1 amide bonds. The Morgan fingerprint density at radius 3 is 2.63 bits per heavy atom. The van der Waals surface area contributed by atoms with Gasteiger partial charge in [-0.3, -0.25) is 14.9 Å². The summed E-state index contributed by atoms with van der Waals surface area (Å²) in [5.74, 6) is -0.459. The molecule has 19 heavy (non-hydrogen) atoms. The van der Waals surface area contributed by atoms with Crippen LogP contribution in [0.25, 0.3) is 0 Å². The molecule has 104 valence electrons.